The molecule has 126 valence electrons. The topological polar surface area (TPSA) is 67.4 Å². The van der Waals surface area contributed by atoms with Crippen LogP contribution in [-0.2, 0) is 4.79 Å². The fourth-order valence-corrected chi connectivity index (χ4v) is 1.96. The second-order valence-corrected chi connectivity index (χ2v) is 5.25. The molecule has 0 saturated carbocycles. The van der Waals surface area contributed by atoms with E-state index in [-0.39, 0.29) is 17.9 Å². The van der Waals surface area contributed by atoms with Crippen molar-refractivity contribution in [2.45, 2.75) is 19.8 Å². The van der Waals surface area contributed by atoms with Gasteiger partial charge >= 0.3 is 0 Å². The van der Waals surface area contributed by atoms with Crippen molar-refractivity contribution in [3.8, 4) is 5.75 Å². The second kappa shape index (κ2) is 8.67. The van der Waals surface area contributed by atoms with Gasteiger partial charge in [0.2, 0.25) is 5.91 Å². The minimum Gasteiger partial charge on any atom is -0.494 e. The Morgan fingerprint density at radius 2 is 1.75 bits per heavy atom. The van der Waals surface area contributed by atoms with E-state index >= 15 is 0 Å². The zero-order valence-corrected chi connectivity index (χ0v) is 13.3. The minimum absolute atomic E-state index is 0.125. The van der Waals surface area contributed by atoms with E-state index < -0.39 is 11.7 Å². The number of hydrazine groups is 1. The summed E-state index contributed by atoms with van der Waals surface area (Å²) in [5.74, 6) is -0.964. The molecule has 0 atom stereocenters. The molecule has 0 unspecified atom stereocenters. The van der Waals surface area contributed by atoms with Gasteiger partial charge in [-0.1, -0.05) is 29.8 Å². The molecule has 6 heteroatoms. The van der Waals surface area contributed by atoms with Gasteiger partial charge in [-0.3, -0.25) is 20.4 Å². The maximum atomic E-state index is 13.4. The van der Waals surface area contributed by atoms with Crippen LogP contribution in [0.15, 0.2) is 48.5 Å². The van der Waals surface area contributed by atoms with Crippen LogP contribution < -0.4 is 15.6 Å². The maximum absolute atomic E-state index is 13.4. The predicted octanol–water partition coefficient (Wildman–Crippen LogP) is 2.75. The fraction of sp³-hybridized carbons (Fsp3) is 0.222. The number of hydrogen-bond acceptors (Lipinski definition) is 3. The Balaban J connectivity index is 1.65. The lowest BCUT2D eigenvalue weighted by atomic mass is 10.2. The average Bonchev–Trinajstić information content (AvgIpc) is 2.58. The molecule has 24 heavy (non-hydrogen) atoms. The third-order valence-corrected chi connectivity index (χ3v) is 3.27. The number of nitrogens with one attached hydrogen (secondary N) is 2. The summed E-state index contributed by atoms with van der Waals surface area (Å²) < 4.78 is 18.9. The Morgan fingerprint density at radius 3 is 2.46 bits per heavy atom. The highest BCUT2D eigenvalue weighted by Gasteiger charge is 2.11. The highest BCUT2D eigenvalue weighted by Crippen LogP contribution is 2.11. The summed E-state index contributed by atoms with van der Waals surface area (Å²) in [7, 11) is 0. The van der Waals surface area contributed by atoms with Crippen molar-refractivity contribution in [3.63, 3.8) is 0 Å². The largest absolute Gasteiger partial charge is 0.494 e. The molecule has 2 aromatic rings. The van der Waals surface area contributed by atoms with E-state index in [1.807, 2.05) is 31.2 Å². The third-order valence-electron chi connectivity index (χ3n) is 3.27. The first-order chi connectivity index (χ1) is 11.6. The van der Waals surface area contributed by atoms with Crippen molar-refractivity contribution >= 4 is 11.8 Å². The van der Waals surface area contributed by atoms with Crippen LogP contribution in [0.4, 0.5) is 4.39 Å². The number of rotatable bonds is 6. The van der Waals surface area contributed by atoms with Gasteiger partial charge in [0.25, 0.3) is 5.91 Å². The summed E-state index contributed by atoms with van der Waals surface area (Å²) in [6.45, 7) is 2.38. The molecule has 0 spiro atoms. The van der Waals surface area contributed by atoms with E-state index in [0.29, 0.717) is 13.0 Å². The number of halogens is 1. The van der Waals surface area contributed by atoms with Crippen molar-refractivity contribution in [2.75, 3.05) is 6.61 Å². The van der Waals surface area contributed by atoms with Gasteiger partial charge in [0.05, 0.1) is 12.2 Å². The van der Waals surface area contributed by atoms with Gasteiger partial charge in [-0.25, -0.2) is 4.39 Å². The van der Waals surface area contributed by atoms with E-state index in [1.165, 1.54) is 18.2 Å². The summed E-state index contributed by atoms with van der Waals surface area (Å²) >= 11 is 0. The Morgan fingerprint density at radius 1 is 1.04 bits per heavy atom. The van der Waals surface area contributed by atoms with Crippen LogP contribution in [0.1, 0.15) is 28.8 Å². The first kappa shape index (κ1) is 17.5. The van der Waals surface area contributed by atoms with Gasteiger partial charge in [-0.15, -0.1) is 0 Å². The molecule has 0 saturated heterocycles. The van der Waals surface area contributed by atoms with Gasteiger partial charge in [-0.2, -0.15) is 0 Å². The molecule has 5 nitrogen and oxygen atoms in total. The van der Waals surface area contributed by atoms with Crippen LogP contribution in [0.3, 0.4) is 0 Å². The molecule has 2 aromatic carbocycles. The lowest BCUT2D eigenvalue weighted by molar-refractivity contribution is -0.122. The summed E-state index contributed by atoms with van der Waals surface area (Å²) in [6, 6.07) is 13.2. The summed E-state index contributed by atoms with van der Waals surface area (Å²) in [5.41, 5.74) is 5.46. The van der Waals surface area contributed by atoms with E-state index in [0.717, 1.165) is 11.3 Å². The van der Waals surface area contributed by atoms with E-state index in [1.54, 1.807) is 6.07 Å². The zero-order valence-electron chi connectivity index (χ0n) is 13.3. The number of benzene rings is 2. The van der Waals surface area contributed by atoms with Crippen molar-refractivity contribution in [1.82, 2.24) is 10.9 Å². The second-order valence-electron chi connectivity index (χ2n) is 5.25. The minimum atomic E-state index is -0.697. The van der Waals surface area contributed by atoms with Crippen LogP contribution >= 0.6 is 0 Å². The molecule has 2 rings (SSSR count). The van der Waals surface area contributed by atoms with Crippen LogP contribution in [0.5, 0.6) is 5.75 Å². The molecule has 0 aliphatic carbocycles. The molecule has 0 aliphatic heterocycles. The number of aryl methyl sites for hydroxylation is 1. The zero-order chi connectivity index (χ0) is 17.4. The lowest BCUT2D eigenvalue weighted by Gasteiger charge is -2.09. The molecule has 0 bridgehead atoms. The monoisotopic (exact) mass is 330 g/mol. The van der Waals surface area contributed by atoms with Crippen molar-refractivity contribution in [3.05, 3.63) is 65.5 Å². The lowest BCUT2D eigenvalue weighted by Crippen LogP contribution is -2.41. The standard InChI is InChI=1S/C18H19FN2O3/c1-13-8-10-14(11-9-13)24-12-4-7-17(22)20-21-18(23)15-5-2-3-6-16(15)19/h2-3,5-6,8-11H,4,7,12H2,1H3,(H,20,22)(H,21,23). The Labute approximate surface area is 139 Å². The summed E-state index contributed by atoms with van der Waals surface area (Å²) in [5, 5.41) is 0. The molecule has 0 aromatic heterocycles. The summed E-state index contributed by atoms with van der Waals surface area (Å²) in [4.78, 5) is 23.4. The van der Waals surface area contributed by atoms with Crippen molar-refractivity contribution in [2.24, 2.45) is 0 Å². The quantitative estimate of drug-likeness (QED) is 0.632. The van der Waals surface area contributed by atoms with Crippen LogP contribution in [0.2, 0.25) is 0 Å². The molecule has 2 amide bonds. The molecule has 0 heterocycles. The van der Waals surface area contributed by atoms with E-state index in [9.17, 15) is 14.0 Å². The van der Waals surface area contributed by atoms with Gasteiger partial charge in [-0.05, 0) is 37.6 Å². The molecular weight excluding hydrogens is 311 g/mol. The number of hydrogen-bond donors (Lipinski definition) is 2. The van der Waals surface area contributed by atoms with Gasteiger partial charge in [0.15, 0.2) is 0 Å². The highest BCUT2D eigenvalue weighted by atomic mass is 19.1. The Bertz CT molecular complexity index is 702. The maximum Gasteiger partial charge on any atom is 0.272 e. The van der Waals surface area contributed by atoms with E-state index in [4.69, 9.17) is 4.74 Å². The fourth-order valence-electron chi connectivity index (χ4n) is 1.96. The normalized spacial score (nSPS) is 10.1. The van der Waals surface area contributed by atoms with Crippen LogP contribution in [0.25, 0.3) is 0 Å². The van der Waals surface area contributed by atoms with Crippen molar-refractivity contribution < 1.29 is 18.7 Å². The highest BCUT2D eigenvalue weighted by molar-refractivity contribution is 5.95. The Hall–Kier alpha value is -2.89. The molecule has 0 fully saturated rings. The molecule has 2 N–H and O–H groups in total. The van der Waals surface area contributed by atoms with Crippen LogP contribution in [-0.4, -0.2) is 18.4 Å². The number of carbonyl (C=O) groups excluding carboxylic acids is 2. The first-order valence-electron chi connectivity index (χ1n) is 7.59. The van der Waals surface area contributed by atoms with Gasteiger partial charge < -0.3 is 4.74 Å². The Kier molecular flexibility index (Phi) is 6.31. The van der Waals surface area contributed by atoms with Gasteiger partial charge in [0.1, 0.15) is 11.6 Å². The number of amides is 2. The van der Waals surface area contributed by atoms with E-state index in [2.05, 4.69) is 10.9 Å². The molecule has 0 aliphatic rings. The number of ether oxygens (including phenoxy) is 1. The SMILES string of the molecule is Cc1ccc(OCCCC(=O)NNC(=O)c2ccccc2F)cc1. The van der Waals surface area contributed by atoms with Crippen LogP contribution in [0, 0.1) is 12.7 Å². The van der Waals surface area contributed by atoms with Crippen molar-refractivity contribution in [1.29, 1.82) is 0 Å². The number of carbonyl (C=O) groups is 2. The smallest absolute Gasteiger partial charge is 0.272 e. The third kappa shape index (κ3) is 5.39. The molecule has 0 radical (unpaired) electrons. The van der Waals surface area contributed by atoms with Gasteiger partial charge in [0, 0.05) is 6.42 Å². The molecular formula is C18H19FN2O3. The average molecular weight is 330 g/mol. The summed E-state index contributed by atoms with van der Waals surface area (Å²) in [6.07, 6.45) is 0.679. The predicted molar refractivity (Wildman–Crippen MR) is 87.9 cm³/mol. The first-order valence-corrected chi connectivity index (χ1v) is 7.59.